The van der Waals surface area contributed by atoms with Crippen molar-refractivity contribution in [2.75, 3.05) is 40.5 Å². The number of amides is 3. The van der Waals surface area contributed by atoms with Crippen molar-refractivity contribution in [3.63, 3.8) is 0 Å². The van der Waals surface area contributed by atoms with Crippen LogP contribution in [0.15, 0.2) is 97.5 Å². The number of fused-ring (bicyclic) bond motifs is 1. The summed E-state index contributed by atoms with van der Waals surface area (Å²) in [5.41, 5.74) is 4.18. The van der Waals surface area contributed by atoms with Gasteiger partial charge in [-0.3, -0.25) is 10.1 Å². The number of anilines is 4. The second-order valence-electron chi connectivity index (χ2n) is 14.3. The molecule has 0 unspecified atom stereocenters. The summed E-state index contributed by atoms with van der Waals surface area (Å²) in [5, 5.41) is 15.6. The number of nitrogens with zero attached hydrogens (tertiary/aromatic N) is 6. The molecular weight excluding hydrogens is 719 g/mol. The molecule has 3 aromatic heterocycles. The number of rotatable bonds is 9. The van der Waals surface area contributed by atoms with E-state index in [0.29, 0.717) is 28.9 Å². The molecule has 3 amide bonds. The molecule has 0 bridgehead atoms. The first-order valence-corrected chi connectivity index (χ1v) is 19.6. The summed E-state index contributed by atoms with van der Waals surface area (Å²) in [5.74, 6) is 1.60. The number of aryl methyl sites for hydroxylation is 1. The van der Waals surface area contributed by atoms with Crippen LogP contribution in [0, 0.1) is 6.92 Å². The molecule has 0 radical (unpaired) electrons. The Morgan fingerprint density at radius 3 is 2.29 bits per heavy atom. The van der Waals surface area contributed by atoms with Crippen molar-refractivity contribution < 1.29 is 22.7 Å². The van der Waals surface area contributed by atoms with Crippen molar-refractivity contribution >= 4 is 55.7 Å². The fraction of sp³-hybridized carbons (Fsp3) is 0.250. The smallest absolute Gasteiger partial charge is 0.324 e. The van der Waals surface area contributed by atoms with Crippen molar-refractivity contribution in [3.8, 4) is 11.4 Å². The average Bonchev–Trinajstić information content (AvgIpc) is 3.59. The van der Waals surface area contributed by atoms with Crippen molar-refractivity contribution in [1.82, 2.24) is 29.6 Å². The Bertz CT molecular complexity index is 2460. The number of carbonyl (C=O) groups is 2. The number of hydrogen-bond acceptors (Lipinski definition) is 10. The molecule has 55 heavy (non-hydrogen) atoms. The summed E-state index contributed by atoms with van der Waals surface area (Å²) in [4.78, 5) is 40.6. The van der Waals surface area contributed by atoms with Crippen LogP contribution in [-0.2, 0) is 21.9 Å². The van der Waals surface area contributed by atoms with Crippen LogP contribution in [0.4, 0.5) is 27.9 Å². The van der Waals surface area contributed by atoms with Gasteiger partial charge in [0.25, 0.3) is 5.91 Å². The van der Waals surface area contributed by atoms with Crippen LogP contribution < -0.4 is 20.7 Å². The summed E-state index contributed by atoms with van der Waals surface area (Å²) >= 11 is 0. The van der Waals surface area contributed by atoms with Crippen LogP contribution in [0.2, 0.25) is 0 Å². The third kappa shape index (κ3) is 8.73. The Balaban J connectivity index is 1.01. The highest BCUT2D eigenvalue weighted by atomic mass is 32.2. The molecule has 0 spiro atoms. The molecule has 15 heteroatoms. The number of ether oxygens (including phenoxy) is 1. The van der Waals surface area contributed by atoms with E-state index in [1.807, 2.05) is 85.8 Å². The van der Waals surface area contributed by atoms with E-state index in [0.717, 1.165) is 33.3 Å². The first-order chi connectivity index (χ1) is 26.3. The topological polar surface area (TPSA) is 173 Å². The standard InChI is InChI=1S/C40H41N9O5S/c1-26-9-11-28(12-10-26)49-37(22-34(47-49)40(2,3)4)46-39(51)44-31-13-14-33(30-8-6-5-7-29(30)31)54-25-27-15-16-41-35(21-27)45-36-24-42-32(23-43-36)38(50)48-17-19-55(52,53)20-18-48/h5-16,21-24H,17-20,25H2,1-4H3,(H,41,43,45)(H2,44,46,51). The molecule has 282 valence electrons. The van der Waals surface area contributed by atoms with Gasteiger partial charge in [0, 0.05) is 41.5 Å². The minimum Gasteiger partial charge on any atom is -0.488 e. The average molecular weight is 760 g/mol. The lowest BCUT2D eigenvalue weighted by molar-refractivity contribution is 0.0764. The van der Waals surface area contributed by atoms with Gasteiger partial charge in [0.1, 0.15) is 35.5 Å². The molecule has 14 nitrogen and oxygen atoms in total. The Labute approximate surface area is 318 Å². The van der Waals surface area contributed by atoms with Gasteiger partial charge in [-0.2, -0.15) is 5.10 Å². The zero-order valence-electron chi connectivity index (χ0n) is 30.9. The van der Waals surface area contributed by atoms with Crippen molar-refractivity contribution in [2.24, 2.45) is 0 Å². The number of nitrogens with one attached hydrogen (secondary N) is 3. The predicted molar refractivity (Wildman–Crippen MR) is 212 cm³/mol. The Kier molecular flexibility index (Phi) is 10.2. The molecule has 3 N–H and O–H groups in total. The van der Waals surface area contributed by atoms with Crippen LogP contribution in [0.25, 0.3) is 16.5 Å². The second-order valence-corrected chi connectivity index (χ2v) is 16.6. The quantitative estimate of drug-likeness (QED) is 0.145. The van der Waals surface area contributed by atoms with E-state index >= 15 is 0 Å². The van der Waals surface area contributed by atoms with Gasteiger partial charge in [0.15, 0.2) is 9.84 Å². The maximum Gasteiger partial charge on any atom is 0.324 e. The zero-order valence-corrected chi connectivity index (χ0v) is 31.7. The molecule has 4 heterocycles. The minimum atomic E-state index is -3.11. The second kappa shape index (κ2) is 15.2. The SMILES string of the molecule is Cc1ccc(-n2nc(C(C)(C)C)cc2NC(=O)Nc2ccc(OCc3ccnc(Nc4cnc(C(=O)N5CCS(=O)(=O)CC5)cn4)c3)c3ccccc23)cc1. The summed E-state index contributed by atoms with van der Waals surface area (Å²) < 4.78 is 31.5. The molecule has 0 saturated carbocycles. The molecule has 3 aromatic carbocycles. The summed E-state index contributed by atoms with van der Waals surface area (Å²) in [7, 11) is -3.11. The lowest BCUT2D eigenvalue weighted by Crippen LogP contribution is -2.44. The van der Waals surface area contributed by atoms with Crippen molar-refractivity contribution in [3.05, 3.63) is 120 Å². The molecule has 1 saturated heterocycles. The Hall–Kier alpha value is -6.35. The monoisotopic (exact) mass is 759 g/mol. The number of benzene rings is 3. The highest BCUT2D eigenvalue weighted by Gasteiger charge is 2.27. The van der Waals surface area contributed by atoms with Gasteiger partial charge in [-0.05, 0) is 48.9 Å². The van der Waals surface area contributed by atoms with E-state index < -0.39 is 15.9 Å². The maximum atomic E-state index is 13.5. The number of carbonyl (C=O) groups excluding carboxylic acids is 2. The van der Waals surface area contributed by atoms with E-state index in [-0.39, 0.29) is 48.2 Å². The Morgan fingerprint density at radius 1 is 0.836 bits per heavy atom. The molecule has 1 fully saturated rings. The highest BCUT2D eigenvalue weighted by Crippen LogP contribution is 2.33. The zero-order chi connectivity index (χ0) is 38.7. The van der Waals surface area contributed by atoms with Gasteiger partial charge < -0.3 is 20.3 Å². The van der Waals surface area contributed by atoms with E-state index in [4.69, 9.17) is 9.84 Å². The number of sulfone groups is 1. The molecule has 1 aliphatic heterocycles. The third-order valence-corrected chi connectivity index (χ3v) is 10.7. The molecular formula is C40H41N9O5S. The Morgan fingerprint density at radius 2 is 1.58 bits per heavy atom. The molecule has 0 aliphatic carbocycles. The van der Waals surface area contributed by atoms with E-state index in [2.05, 4.69) is 51.7 Å². The third-order valence-electron chi connectivity index (χ3n) is 9.11. The predicted octanol–water partition coefficient (Wildman–Crippen LogP) is 6.65. The normalized spacial score (nSPS) is 14.0. The first-order valence-electron chi connectivity index (χ1n) is 17.8. The lowest BCUT2D eigenvalue weighted by Gasteiger charge is -2.26. The van der Waals surface area contributed by atoms with Crippen LogP contribution >= 0.6 is 0 Å². The largest absolute Gasteiger partial charge is 0.488 e. The lowest BCUT2D eigenvalue weighted by atomic mass is 9.92. The van der Waals surface area contributed by atoms with Gasteiger partial charge in [-0.1, -0.05) is 62.7 Å². The fourth-order valence-electron chi connectivity index (χ4n) is 6.00. The molecule has 0 atom stereocenters. The maximum absolute atomic E-state index is 13.5. The summed E-state index contributed by atoms with van der Waals surface area (Å²) in [6.07, 6.45) is 4.44. The van der Waals surface area contributed by atoms with Crippen LogP contribution in [0.3, 0.4) is 0 Å². The molecule has 7 rings (SSSR count). The molecule has 6 aromatic rings. The van der Waals surface area contributed by atoms with E-state index in [1.54, 1.807) is 10.9 Å². The molecule has 1 aliphatic rings. The van der Waals surface area contributed by atoms with Crippen LogP contribution in [-0.4, -0.2) is 74.6 Å². The summed E-state index contributed by atoms with van der Waals surface area (Å²) in [6.45, 7) is 8.77. The number of pyridine rings is 1. The minimum absolute atomic E-state index is 0.0578. The van der Waals surface area contributed by atoms with Gasteiger partial charge >= 0.3 is 6.03 Å². The van der Waals surface area contributed by atoms with Gasteiger partial charge in [-0.15, -0.1) is 0 Å². The number of hydrogen-bond donors (Lipinski definition) is 3. The fourth-order valence-corrected chi connectivity index (χ4v) is 7.20. The van der Waals surface area contributed by atoms with Gasteiger partial charge in [0.2, 0.25) is 0 Å². The highest BCUT2D eigenvalue weighted by molar-refractivity contribution is 7.91. The van der Waals surface area contributed by atoms with E-state index in [9.17, 15) is 18.0 Å². The van der Waals surface area contributed by atoms with E-state index in [1.165, 1.54) is 17.3 Å². The summed E-state index contributed by atoms with van der Waals surface area (Å²) in [6, 6.07) is 24.5. The first kappa shape index (κ1) is 37.0. The van der Waals surface area contributed by atoms with Crippen molar-refractivity contribution in [2.45, 2.75) is 39.7 Å². The number of aromatic nitrogens is 5. The van der Waals surface area contributed by atoms with Crippen molar-refractivity contribution in [1.29, 1.82) is 0 Å². The number of urea groups is 1. The van der Waals surface area contributed by atoms with Crippen LogP contribution in [0.5, 0.6) is 5.75 Å². The van der Waals surface area contributed by atoms with Gasteiger partial charge in [0.05, 0.1) is 41.0 Å². The van der Waals surface area contributed by atoms with Gasteiger partial charge in [-0.25, -0.2) is 32.8 Å². The van der Waals surface area contributed by atoms with Crippen LogP contribution in [0.1, 0.15) is 48.1 Å².